The average molecular weight is 191 g/mol. The quantitative estimate of drug-likeness (QED) is 0.778. The minimum atomic E-state index is 0.553. The van der Waals surface area contributed by atoms with Gasteiger partial charge in [0, 0.05) is 0 Å². The molecule has 1 heteroatoms. The van der Waals surface area contributed by atoms with E-state index in [4.69, 9.17) is 5.73 Å². The van der Waals surface area contributed by atoms with Gasteiger partial charge in [0.2, 0.25) is 0 Å². The fraction of sp³-hybridized carbons (Fsp3) is 0.538. The molecule has 0 saturated heterocycles. The lowest BCUT2D eigenvalue weighted by molar-refractivity contribution is 0.371. The van der Waals surface area contributed by atoms with Crippen LogP contribution in [0.2, 0.25) is 0 Å². The summed E-state index contributed by atoms with van der Waals surface area (Å²) >= 11 is 0. The summed E-state index contributed by atoms with van der Waals surface area (Å²) in [5.41, 5.74) is 7.17. The first-order valence-corrected chi connectivity index (χ1v) is 5.41. The van der Waals surface area contributed by atoms with Crippen LogP contribution in [0.5, 0.6) is 0 Å². The Morgan fingerprint density at radius 2 is 1.64 bits per heavy atom. The van der Waals surface area contributed by atoms with Gasteiger partial charge in [0.15, 0.2) is 0 Å². The van der Waals surface area contributed by atoms with E-state index < -0.39 is 0 Å². The molecule has 1 aromatic rings. The molecule has 0 fully saturated rings. The summed E-state index contributed by atoms with van der Waals surface area (Å²) in [5.74, 6) is 1.79. The minimum absolute atomic E-state index is 0.553. The van der Waals surface area contributed by atoms with Crippen molar-refractivity contribution >= 4 is 0 Å². The zero-order valence-electron chi connectivity index (χ0n) is 9.40. The van der Waals surface area contributed by atoms with Crippen LogP contribution in [0.15, 0.2) is 30.3 Å². The van der Waals surface area contributed by atoms with Crippen molar-refractivity contribution in [1.29, 1.82) is 0 Å². The predicted molar refractivity (Wildman–Crippen MR) is 62.2 cm³/mol. The van der Waals surface area contributed by atoms with Crippen LogP contribution in [-0.4, -0.2) is 6.54 Å². The molecule has 0 aliphatic heterocycles. The van der Waals surface area contributed by atoms with Gasteiger partial charge in [-0.2, -0.15) is 0 Å². The number of nitrogens with two attached hydrogens (primary N) is 1. The van der Waals surface area contributed by atoms with Gasteiger partial charge in [0.1, 0.15) is 0 Å². The Hall–Kier alpha value is -0.820. The molecule has 2 atom stereocenters. The first kappa shape index (κ1) is 11.3. The van der Waals surface area contributed by atoms with Crippen molar-refractivity contribution in [2.75, 3.05) is 6.54 Å². The summed E-state index contributed by atoms with van der Waals surface area (Å²) in [5, 5.41) is 0. The monoisotopic (exact) mass is 191 g/mol. The summed E-state index contributed by atoms with van der Waals surface area (Å²) < 4.78 is 0. The molecule has 0 aliphatic carbocycles. The highest BCUT2D eigenvalue weighted by Crippen LogP contribution is 2.31. The summed E-state index contributed by atoms with van der Waals surface area (Å²) in [6.45, 7) is 7.53. The van der Waals surface area contributed by atoms with E-state index in [2.05, 4.69) is 51.1 Å². The second kappa shape index (κ2) is 5.16. The highest BCUT2D eigenvalue weighted by atomic mass is 14.6. The van der Waals surface area contributed by atoms with Crippen LogP contribution in [0.25, 0.3) is 0 Å². The number of benzene rings is 1. The van der Waals surface area contributed by atoms with Crippen molar-refractivity contribution in [2.24, 2.45) is 17.6 Å². The fourth-order valence-electron chi connectivity index (χ4n) is 2.19. The molecule has 14 heavy (non-hydrogen) atoms. The van der Waals surface area contributed by atoms with Gasteiger partial charge >= 0.3 is 0 Å². The van der Waals surface area contributed by atoms with Crippen LogP contribution in [0.1, 0.15) is 32.3 Å². The van der Waals surface area contributed by atoms with Crippen molar-refractivity contribution in [3.05, 3.63) is 35.9 Å². The van der Waals surface area contributed by atoms with Crippen LogP contribution < -0.4 is 5.73 Å². The van der Waals surface area contributed by atoms with Crippen molar-refractivity contribution in [2.45, 2.75) is 26.7 Å². The maximum absolute atomic E-state index is 5.75. The minimum Gasteiger partial charge on any atom is -0.330 e. The van der Waals surface area contributed by atoms with Crippen LogP contribution >= 0.6 is 0 Å². The Morgan fingerprint density at radius 1 is 1.07 bits per heavy atom. The zero-order valence-corrected chi connectivity index (χ0v) is 9.40. The molecule has 0 radical (unpaired) electrons. The first-order chi connectivity index (χ1) is 6.66. The summed E-state index contributed by atoms with van der Waals surface area (Å²) in [7, 11) is 0. The highest BCUT2D eigenvalue weighted by Gasteiger charge is 2.21. The molecule has 2 unspecified atom stereocenters. The number of rotatable bonds is 4. The molecule has 1 aromatic carbocycles. The lowest BCUT2D eigenvalue weighted by Crippen LogP contribution is -2.22. The Kier molecular flexibility index (Phi) is 4.15. The normalized spacial score (nSPS) is 15.5. The Morgan fingerprint density at radius 3 is 2.07 bits per heavy atom. The second-order valence-corrected chi connectivity index (χ2v) is 4.39. The third-order valence-electron chi connectivity index (χ3n) is 2.89. The second-order valence-electron chi connectivity index (χ2n) is 4.39. The van der Waals surface area contributed by atoms with Gasteiger partial charge < -0.3 is 5.73 Å². The van der Waals surface area contributed by atoms with Crippen LogP contribution in [0.3, 0.4) is 0 Å². The number of hydrogen-bond acceptors (Lipinski definition) is 1. The summed E-state index contributed by atoms with van der Waals surface area (Å²) in [6.07, 6.45) is 0. The third-order valence-corrected chi connectivity index (χ3v) is 2.89. The molecule has 0 bridgehead atoms. The van der Waals surface area contributed by atoms with Crippen LogP contribution in [0.4, 0.5) is 0 Å². The Bertz CT molecular complexity index is 253. The Labute approximate surface area is 87.3 Å². The lowest BCUT2D eigenvalue weighted by atomic mass is 9.79. The van der Waals surface area contributed by atoms with E-state index in [1.165, 1.54) is 5.56 Å². The summed E-state index contributed by atoms with van der Waals surface area (Å²) in [4.78, 5) is 0. The van der Waals surface area contributed by atoms with Crippen LogP contribution in [-0.2, 0) is 0 Å². The average Bonchev–Trinajstić information content (AvgIpc) is 2.19. The molecule has 2 N–H and O–H groups in total. The molecular formula is C13H21N. The molecule has 78 valence electrons. The molecule has 0 aromatic heterocycles. The maximum Gasteiger partial charge on any atom is -0.00456 e. The van der Waals surface area contributed by atoms with Gasteiger partial charge in [0.25, 0.3) is 0 Å². The standard InChI is InChI=1S/C13H21N/c1-10(2)13(11(3)9-14)12-7-5-4-6-8-12/h4-8,10-11,13H,9,14H2,1-3H3. The van der Waals surface area contributed by atoms with Crippen molar-refractivity contribution < 1.29 is 0 Å². The number of hydrogen-bond donors (Lipinski definition) is 1. The predicted octanol–water partition coefficient (Wildman–Crippen LogP) is 3.02. The van der Waals surface area contributed by atoms with Crippen LogP contribution in [0, 0.1) is 11.8 Å². The van der Waals surface area contributed by atoms with Gasteiger partial charge in [-0.15, -0.1) is 0 Å². The summed E-state index contributed by atoms with van der Waals surface area (Å²) in [6, 6.07) is 10.7. The molecule has 1 nitrogen and oxygen atoms in total. The topological polar surface area (TPSA) is 26.0 Å². The highest BCUT2D eigenvalue weighted by molar-refractivity contribution is 5.20. The lowest BCUT2D eigenvalue weighted by Gasteiger charge is -2.27. The van der Waals surface area contributed by atoms with Crippen molar-refractivity contribution in [3.63, 3.8) is 0 Å². The van der Waals surface area contributed by atoms with E-state index in [-0.39, 0.29) is 0 Å². The van der Waals surface area contributed by atoms with E-state index in [1.54, 1.807) is 0 Å². The van der Waals surface area contributed by atoms with E-state index in [0.29, 0.717) is 17.8 Å². The molecule has 0 spiro atoms. The molecule has 0 amide bonds. The maximum atomic E-state index is 5.75. The smallest absolute Gasteiger partial charge is 0.00456 e. The molecule has 1 rings (SSSR count). The molecule has 0 aliphatic rings. The van der Waals surface area contributed by atoms with E-state index in [1.807, 2.05) is 0 Å². The zero-order chi connectivity index (χ0) is 10.6. The largest absolute Gasteiger partial charge is 0.330 e. The van der Waals surface area contributed by atoms with E-state index in [0.717, 1.165) is 6.54 Å². The van der Waals surface area contributed by atoms with E-state index >= 15 is 0 Å². The van der Waals surface area contributed by atoms with Gasteiger partial charge in [-0.3, -0.25) is 0 Å². The van der Waals surface area contributed by atoms with E-state index in [9.17, 15) is 0 Å². The van der Waals surface area contributed by atoms with Gasteiger partial charge in [-0.05, 0) is 29.9 Å². The molecular weight excluding hydrogens is 170 g/mol. The first-order valence-electron chi connectivity index (χ1n) is 5.41. The van der Waals surface area contributed by atoms with Gasteiger partial charge in [-0.25, -0.2) is 0 Å². The van der Waals surface area contributed by atoms with Crippen molar-refractivity contribution in [3.8, 4) is 0 Å². The molecule has 0 saturated carbocycles. The van der Waals surface area contributed by atoms with Gasteiger partial charge in [-0.1, -0.05) is 51.1 Å². The Balaban J connectivity index is 2.89. The molecule has 0 heterocycles. The van der Waals surface area contributed by atoms with Gasteiger partial charge in [0.05, 0.1) is 0 Å². The third kappa shape index (κ3) is 2.58. The fourth-order valence-corrected chi connectivity index (χ4v) is 2.19. The van der Waals surface area contributed by atoms with Crippen molar-refractivity contribution in [1.82, 2.24) is 0 Å². The SMILES string of the molecule is CC(C)C(c1ccccc1)C(C)CN.